The molecule has 0 atom stereocenters. The lowest BCUT2D eigenvalue weighted by Crippen LogP contribution is -2.12. The first-order chi connectivity index (χ1) is 9.52. The molecule has 1 aromatic carbocycles. The maximum Gasteiger partial charge on any atom is 0.338 e. The largest absolute Gasteiger partial charge is 0.462 e. The van der Waals surface area contributed by atoms with Crippen molar-refractivity contribution in [2.75, 3.05) is 11.9 Å². The van der Waals surface area contributed by atoms with E-state index in [1.165, 1.54) is 0 Å². The van der Waals surface area contributed by atoms with Gasteiger partial charge in [-0.05, 0) is 36.6 Å². The van der Waals surface area contributed by atoms with Gasteiger partial charge in [-0.25, -0.2) is 4.79 Å². The first kappa shape index (κ1) is 16.2. The van der Waals surface area contributed by atoms with Crippen LogP contribution in [0, 0.1) is 5.92 Å². The second-order valence-electron chi connectivity index (χ2n) is 5.22. The van der Waals surface area contributed by atoms with E-state index in [9.17, 15) is 9.59 Å². The average Bonchev–Trinajstić information content (AvgIpc) is 2.43. The van der Waals surface area contributed by atoms with E-state index < -0.39 is 0 Å². The van der Waals surface area contributed by atoms with E-state index in [2.05, 4.69) is 5.32 Å². The fraction of sp³-hybridized carbons (Fsp3) is 0.500. The standard InChI is InChI=1S/C16H23NO3/c1-4-5-6-15(18)17-14-9-7-13(8-10-14)16(19)20-11-12(2)3/h7-10,12H,4-6,11H2,1-3H3,(H,17,18). The van der Waals surface area contributed by atoms with Gasteiger partial charge in [-0.3, -0.25) is 4.79 Å². The van der Waals surface area contributed by atoms with Crippen molar-refractivity contribution in [2.24, 2.45) is 5.92 Å². The fourth-order valence-corrected chi connectivity index (χ4v) is 1.58. The second-order valence-corrected chi connectivity index (χ2v) is 5.22. The van der Waals surface area contributed by atoms with E-state index in [1.54, 1.807) is 24.3 Å². The third kappa shape index (κ3) is 5.87. The van der Waals surface area contributed by atoms with Gasteiger partial charge < -0.3 is 10.1 Å². The fourth-order valence-electron chi connectivity index (χ4n) is 1.58. The third-order valence-corrected chi connectivity index (χ3v) is 2.71. The van der Waals surface area contributed by atoms with Gasteiger partial charge in [0.1, 0.15) is 0 Å². The Morgan fingerprint density at radius 2 is 1.85 bits per heavy atom. The quantitative estimate of drug-likeness (QED) is 0.774. The Morgan fingerprint density at radius 3 is 2.40 bits per heavy atom. The third-order valence-electron chi connectivity index (χ3n) is 2.71. The number of anilines is 1. The number of carbonyl (C=O) groups excluding carboxylic acids is 2. The number of hydrogen-bond acceptors (Lipinski definition) is 3. The lowest BCUT2D eigenvalue weighted by Gasteiger charge is -2.08. The minimum atomic E-state index is -0.331. The summed E-state index contributed by atoms with van der Waals surface area (Å²) < 4.78 is 5.14. The molecule has 0 unspecified atom stereocenters. The summed E-state index contributed by atoms with van der Waals surface area (Å²) in [6, 6.07) is 6.77. The summed E-state index contributed by atoms with van der Waals surface area (Å²) in [4.78, 5) is 23.3. The number of amides is 1. The van der Waals surface area contributed by atoms with Gasteiger partial charge in [0.25, 0.3) is 0 Å². The van der Waals surface area contributed by atoms with Gasteiger partial charge >= 0.3 is 5.97 Å². The van der Waals surface area contributed by atoms with Crippen LogP contribution in [0.2, 0.25) is 0 Å². The average molecular weight is 277 g/mol. The monoisotopic (exact) mass is 277 g/mol. The number of hydrogen-bond donors (Lipinski definition) is 1. The highest BCUT2D eigenvalue weighted by molar-refractivity contribution is 5.93. The van der Waals surface area contributed by atoms with Crippen LogP contribution >= 0.6 is 0 Å². The van der Waals surface area contributed by atoms with E-state index in [0.29, 0.717) is 30.2 Å². The SMILES string of the molecule is CCCCC(=O)Nc1ccc(C(=O)OCC(C)C)cc1. The van der Waals surface area contributed by atoms with Crippen molar-refractivity contribution in [3.05, 3.63) is 29.8 Å². The summed E-state index contributed by atoms with van der Waals surface area (Å²) in [5.41, 5.74) is 1.20. The van der Waals surface area contributed by atoms with Gasteiger partial charge in [-0.15, -0.1) is 0 Å². The number of esters is 1. The molecule has 0 aliphatic carbocycles. The number of rotatable bonds is 7. The first-order valence-electron chi connectivity index (χ1n) is 7.10. The predicted molar refractivity (Wildman–Crippen MR) is 79.7 cm³/mol. The molecule has 20 heavy (non-hydrogen) atoms. The maximum atomic E-state index is 11.7. The molecule has 1 amide bonds. The lowest BCUT2D eigenvalue weighted by molar-refractivity contribution is -0.116. The molecule has 4 heteroatoms. The summed E-state index contributed by atoms with van der Waals surface area (Å²) in [6.45, 7) is 6.43. The Balaban J connectivity index is 2.51. The Labute approximate surface area is 120 Å². The molecule has 0 radical (unpaired) electrons. The molecule has 4 nitrogen and oxygen atoms in total. The zero-order chi connectivity index (χ0) is 15.0. The van der Waals surface area contributed by atoms with Crippen LogP contribution in [-0.2, 0) is 9.53 Å². The van der Waals surface area contributed by atoms with Crippen LogP contribution in [0.4, 0.5) is 5.69 Å². The van der Waals surface area contributed by atoms with Crippen LogP contribution in [0.3, 0.4) is 0 Å². The highest BCUT2D eigenvalue weighted by Gasteiger charge is 2.08. The predicted octanol–water partition coefficient (Wildman–Crippen LogP) is 3.63. The molecule has 0 aromatic heterocycles. The molecule has 0 saturated carbocycles. The zero-order valence-corrected chi connectivity index (χ0v) is 12.4. The summed E-state index contributed by atoms with van der Waals surface area (Å²) in [6.07, 6.45) is 2.40. The highest BCUT2D eigenvalue weighted by atomic mass is 16.5. The Hall–Kier alpha value is -1.84. The van der Waals surface area contributed by atoms with E-state index in [0.717, 1.165) is 12.8 Å². The topological polar surface area (TPSA) is 55.4 Å². The van der Waals surface area contributed by atoms with Crippen LogP contribution in [0.15, 0.2) is 24.3 Å². The molecule has 0 saturated heterocycles. The first-order valence-corrected chi connectivity index (χ1v) is 7.10. The van der Waals surface area contributed by atoms with Crippen molar-refractivity contribution < 1.29 is 14.3 Å². The van der Waals surface area contributed by atoms with E-state index >= 15 is 0 Å². The van der Waals surface area contributed by atoms with Gasteiger partial charge in [-0.2, -0.15) is 0 Å². The number of benzene rings is 1. The summed E-state index contributed by atoms with van der Waals surface area (Å²) in [5, 5.41) is 2.80. The van der Waals surface area contributed by atoms with Gasteiger partial charge in [0, 0.05) is 12.1 Å². The minimum Gasteiger partial charge on any atom is -0.462 e. The molecular formula is C16H23NO3. The number of ether oxygens (including phenoxy) is 1. The van der Waals surface area contributed by atoms with Crippen molar-refractivity contribution in [2.45, 2.75) is 40.0 Å². The van der Waals surface area contributed by atoms with Crippen LogP contribution in [-0.4, -0.2) is 18.5 Å². The van der Waals surface area contributed by atoms with Crippen molar-refractivity contribution in [3.63, 3.8) is 0 Å². The smallest absolute Gasteiger partial charge is 0.338 e. The lowest BCUT2D eigenvalue weighted by atomic mass is 10.2. The molecule has 1 N–H and O–H groups in total. The summed E-state index contributed by atoms with van der Waals surface area (Å²) >= 11 is 0. The van der Waals surface area contributed by atoms with E-state index in [1.807, 2.05) is 20.8 Å². The van der Waals surface area contributed by atoms with Crippen LogP contribution in [0.5, 0.6) is 0 Å². The van der Waals surface area contributed by atoms with Crippen molar-refractivity contribution in [1.29, 1.82) is 0 Å². The molecule has 0 heterocycles. The van der Waals surface area contributed by atoms with Gasteiger partial charge in [-0.1, -0.05) is 27.2 Å². The van der Waals surface area contributed by atoms with Gasteiger partial charge in [0.15, 0.2) is 0 Å². The Bertz CT molecular complexity index is 438. The van der Waals surface area contributed by atoms with Crippen LogP contribution < -0.4 is 5.32 Å². The number of nitrogens with one attached hydrogen (secondary N) is 1. The van der Waals surface area contributed by atoms with E-state index in [-0.39, 0.29) is 11.9 Å². The maximum absolute atomic E-state index is 11.7. The van der Waals surface area contributed by atoms with E-state index in [4.69, 9.17) is 4.74 Å². The summed E-state index contributed by atoms with van der Waals surface area (Å²) in [5.74, 6) is -0.0133. The molecule has 1 aromatic rings. The molecule has 0 aliphatic rings. The van der Waals surface area contributed by atoms with Crippen molar-refractivity contribution in [1.82, 2.24) is 0 Å². The molecular weight excluding hydrogens is 254 g/mol. The molecule has 0 bridgehead atoms. The minimum absolute atomic E-state index is 0.00184. The second kappa shape index (κ2) is 8.35. The molecule has 0 aliphatic heterocycles. The molecule has 1 rings (SSSR count). The molecule has 0 spiro atoms. The van der Waals surface area contributed by atoms with Gasteiger partial charge in [0.2, 0.25) is 5.91 Å². The Kier molecular flexibility index (Phi) is 6.77. The van der Waals surface area contributed by atoms with Crippen LogP contribution in [0.25, 0.3) is 0 Å². The van der Waals surface area contributed by atoms with Crippen molar-refractivity contribution in [3.8, 4) is 0 Å². The molecule has 0 fully saturated rings. The van der Waals surface area contributed by atoms with Crippen molar-refractivity contribution >= 4 is 17.6 Å². The normalized spacial score (nSPS) is 10.4. The molecule has 110 valence electrons. The zero-order valence-electron chi connectivity index (χ0n) is 12.4. The highest BCUT2D eigenvalue weighted by Crippen LogP contribution is 2.12. The number of unbranched alkanes of at least 4 members (excludes halogenated alkanes) is 1. The number of carbonyl (C=O) groups is 2. The summed E-state index contributed by atoms with van der Waals surface area (Å²) in [7, 11) is 0. The van der Waals surface area contributed by atoms with Gasteiger partial charge in [0.05, 0.1) is 12.2 Å². The Morgan fingerprint density at radius 1 is 1.20 bits per heavy atom. The van der Waals surface area contributed by atoms with Crippen LogP contribution in [0.1, 0.15) is 50.4 Å².